The Morgan fingerprint density at radius 2 is 1.50 bits per heavy atom. The molecule has 3 rings (SSSR count). The summed E-state index contributed by atoms with van der Waals surface area (Å²) < 4.78 is 2.53. The highest BCUT2D eigenvalue weighted by molar-refractivity contribution is 5.73. The first-order valence-corrected chi connectivity index (χ1v) is 9.93. The predicted molar refractivity (Wildman–Crippen MR) is 113 cm³/mol. The van der Waals surface area contributed by atoms with Crippen LogP contribution in [-0.4, -0.2) is 16.3 Å². The average Bonchev–Trinajstić information content (AvgIpc) is 2.78. The molecule has 1 heteroatoms. The summed E-state index contributed by atoms with van der Waals surface area (Å²) in [7, 11) is 0. The molecule has 1 atom stereocenters. The van der Waals surface area contributed by atoms with Crippen molar-refractivity contribution in [1.82, 2.24) is 0 Å². The predicted octanol–water partition coefficient (Wildman–Crippen LogP) is 6.36. The molecular weight excluding hydrogens is 314 g/mol. The molecule has 1 aliphatic rings. The van der Waals surface area contributed by atoms with Crippen molar-refractivity contribution in [2.24, 2.45) is 5.92 Å². The molecule has 0 aromatic heterocycles. The van der Waals surface area contributed by atoms with Gasteiger partial charge in [-0.25, -0.2) is 0 Å². The normalized spacial score (nSPS) is 21.9. The highest BCUT2D eigenvalue weighted by Gasteiger charge is 2.49. The van der Waals surface area contributed by atoms with Gasteiger partial charge in [0.25, 0.3) is 0 Å². The summed E-state index contributed by atoms with van der Waals surface area (Å²) in [5, 5.41) is 0. The van der Waals surface area contributed by atoms with Crippen LogP contribution < -0.4 is 0 Å². The van der Waals surface area contributed by atoms with Crippen molar-refractivity contribution in [1.29, 1.82) is 0 Å². The van der Waals surface area contributed by atoms with E-state index in [0.717, 1.165) is 12.8 Å². The molecule has 0 N–H and O–H groups in total. The lowest BCUT2D eigenvalue weighted by molar-refractivity contribution is -0.512. The van der Waals surface area contributed by atoms with Gasteiger partial charge in [-0.15, -0.1) is 0 Å². The average molecular weight is 349 g/mol. The summed E-state index contributed by atoms with van der Waals surface area (Å²) in [4.78, 5) is 0. The van der Waals surface area contributed by atoms with Crippen molar-refractivity contribution < 1.29 is 4.58 Å². The molecule has 1 unspecified atom stereocenters. The minimum atomic E-state index is 0.0641. The van der Waals surface area contributed by atoms with E-state index in [0.29, 0.717) is 5.92 Å². The Labute approximate surface area is 159 Å². The van der Waals surface area contributed by atoms with Crippen LogP contribution in [0.5, 0.6) is 0 Å². The van der Waals surface area contributed by atoms with E-state index in [1.807, 2.05) is 0 Å². The fourth-order valence-corrected chi connectivity index (χ4v) is 4.71. The highest BCUT2D eigenvalue weighted by Crippen LogP contribution is 2.42. The summed E-state index contributed by atoms with van der Waals surface area (Å²) in [6, 6.07) is 15.9. The second-order valence-electron chi connectivity index (χ2n) is 9.44. The molecule has 2 aromatic carbocycles. The second kappa shape index (κ2) is 6.68. The van der Waals surface area contributed by atoms with Crippen molar-refractivity contribution in [2.45, 2.75) is 72.3 Å². The molecule has 0 saturated carbocycles. The maximum absolute atomic E-state index is 2.53. The van der Waals surface area contributed by atoms with E-state index in [1.54, 1.807) is 0 Å². The molecule has 0 saturated heterocycles. The lowest BCUT2D eigenvalue weighted by Gasteiger charge is -2.23. The van der Waals surface area contributed by atoms with E-state index >= 15 is 0 Å². The van der Waals surface area contributed by atoms with Gasteiger partial charge in [-0.05, 0) is 44.2 Å². The standard InChI is InChI=1S/C25H34N/c1-18(2)15-21-11-13-22(14-12-21)25(7)16-24(5,6)26(17-25)23-19(3)9-8-10-20(23)4/h8-14,17-18H,15-16H2,1-7H3/q+1. The van der Waals surface area contributed by atoms with Crippen molar-refractivity contribution in [3.63, 3.8) is 0 Å². The first-order chi connectivity index (χ1) is 12.1. The Bertz CT molecular complexity index is 803. The van der Waals surface area contributed by atoms with E-state index in [2.05, 4.69) is 102 Å². The van der Waals surface area contributed by atoms with Crippen molar-refractivity contribution in [3.8, 4) is 0 Å². The largest absolute Gasteiger partial charge is 0.211 e. The molecule has 0 fully saturated rings. The number of hydrogen-bond acceptors (Lipinski definition) is 0. The topological polar surface area (TPSA) is 3.01 Å². The van der Waals surface area contributed by atoms with Gasteiger partial charge in [0, 0.05) is 31.4 Å². The molecular formula is C25H34N+. The monoisotopic (exact) mass is 348 g/mol. The number of aryl methyl sites for hydroxylation is 2. The minimum absolute atomic E-state index is 0.0641. The smallest absolute Gasteiger partial charge is 0.197 e. The zero-order chi connectivity index (χ0) is 19.1. The van der Waals surface area contributed by atoms with Crippen molar-refractivity contribution in [3.05, 3.63) is 64.7 Å². The number of rotatable bonds is 4. The van der Waals surface area contributed by atoms with Crippen LogP contribution in [-0.2, 0) is 11.8 Å². The van der Waals surface area contributed by atoms with Crippen LogP contribution in [0, 0.1) is 19.8 Å². The summed E-state index contributed by atoms with van der Waals surface area (Å²) >= 11 is 0. The van der Waals surface area contributed by atoms with Crippen molar-refractivity contribution >= 4 is 11.9 Å². The second-order valence-corrected chi connectivity index (χ2v) is 9.44. The third-order valence-corrected chi connectivity index (χ3v) is 5.80. The Morgan fingerprint density at radius 1 is 0.923 bits per heavy atom. The fraction of sp³-hybridized carbons (Fsp3) is 0.480. The fourth-order valence-electron chi connectivity index (χ4n) is 4.71. The number of hydrogen-bond donors (Lipinski definition) is 0. The Hall–Kier alpha value is -1.89. The lowest BCUT2D eigenvalue weighted by Crippen LogP contribution is -2.31. The van der Waals surface area contributed by atoms with E-state index in [4.69, 9.17) is 0 Å². The first kappa shape index (κ1) is 18.9. The number of para-hydroxylation sites is 1. The quantitative estimate of drug-likeness (QED) is 0.566. The van der Waals surface area contributed by atoms with Crippen LogP contribution in [0.1, 0.15) is 63.3 Å². The van der Waals surface area contributed by atoms with E-state index in [1.165, 1.54) is 27.9 Å². The van der Waals surface area contributed by atoms with Gasteiger partial charge in [0.15, 0.2) is 11.8 Å². The molecule has 0 spiro atoms. The maximum atomic E-state index is 2.53. The van der Waals surface area contributed by atoms with Crippen LogP contribution >= 0.6 is 0 Å². The molecule has 26 heavy (non-hydrogen) atoms. The van der Waals surface area contributed by atoms with Crippen LogP contribution in [0.15, 0.2) is 42.5 Å². The van der Waals surface area contributed by atoms with Gasteiger partial charge in [-0.1, -0.05) is 56.3 Å². The van der Waals surface area contributed by atoms with Gasteiger partial charge >= 0.3 is 0 Å². The van der Waals surface area contributed by atoms with E-state index in [9.17, 15) is 0 Å². The van der Waals surface area contributed by atoms with Gasteiger partial charge in [-0.3, -0.25) is 0 Å². The molecule has 0 bridgehead atoms. The van der Waals surface area contributed by atoms with Gasteiger partial charge in [-0.2, -0.15) is 4.58 Å². The summed E-state index contributed by atoms with van der Waals surface area (Å²) in [6.45, 7) is 16.1. The van der Waals surface area contributed by atoms with Gasteiger partial charge < -0.3 is 0 Å². The zero-order valence-electron chi connectivity index (χ0n) is 17.6. The zero-order valence-corrected chi connectivity index (χ0v) is 17.6. The van der Waals surface area contributed by atoms with Crippen LogP contribution in [0.4, 0.5) is 5.69 Å². The van der Waals surface area contributed by atoms with Crippen LogP contribution in [0.25, 0.3) is 0 Å². The molecule has 138 valence electrons. The summed E-state index contributed by atoms with van der Waals surface area (Å²) in [6.07, 6.45) is 4.75. The number of benzene rings is 2. The summed E-state index contributed by atoms with van der Waals surface area (Å²) in [5.74, 6) is 0.702. The molecule has 1 heterocycles. The first-order valence-electron chi connectivity index (χ1n) is 9.93. The van der Waals surface area contributed by atoms with Gasteiger partial charge in [0.1, 0.15) is 0 Å². The molecule has 0 amide bonds. The molecule has 1 aliphatic heterocycles. The molecule has 0 aliphatic carbocycles. The van der Waals surface area contributed by atoms with Crippen molar-refractivity contribution in [2.75, 3.05) is 0 Å². The molecule has 0 radical (unpaired) electrons. The molecule has 2 aromatic rings. The van der Waals surface area contributed by atoms with Crippen LogP contribution in [0.3, 0.4) is 0 Å². The lowest BCUT2D eigenvalue weighted by atomic mass is 9.77. The third-order valence-electron chi connectivity index (χ3n) is 5.80. The summed E-state index contributed by atoms with van der Waals surface area (Å²) in [5.41, 5.74) is 7.11. The van der Waals surface area contributed by atoms with E-state index < -0.39 is 0 Å². The van der Waals surface area contributed by atoms with Gasteiger partial charge in [0.05, 0.1) is 5.41 Å². The van der Waals surface area contributed by atoms with Gasteiger partial charge in [0.2, 0.25) is 5.69 Å². The maximum Gasteiger partial charge on any atom is 0.211 e. The minimum Gasteiger partial charge on any atom is -0.197 e. The Kier molecular flexibility index (Phi) is 4.86. The Balaban J connectivity index is 2.02. The Morgan fingerprint density at radius 3 is 2.04 bits per heavy atom. The number of nitrogens with zero attached hydrogens (tertiary/aromatic N) is 1. The highest BCUT2D eigenvalue weighted by atomic mass is 15.1. The SMILES string of the molecule is Cc1cccc(C)c1[N+]1=CC(C)(c2ccc(CC(C)C)cc2)CC1(C)C. The van der Waals surface area contributed by atoms with Crippen LogP contribution in [0.2, 0.25) is 0 Å². The van der Waals surface area contributed by atoms with E-state index in [-0.39, 0.29) is 11.0 Å². The molecule has 1 nitrogen and oxygen atoms in total. The third kappa shape index (κ3) is 3.49.